The van der Waals surface area contributed by atoms with E-state index in [4.69, 9.17) is 4.74 Å². The molecule has 1 atom stereocenters. The van der Waals surface area contributed by atoms with Crippen LogP contribution in [0.5, 0.6) is 0 Å². The fourth-order valence-corrected chi connectivity index (χ4v) is 4.96. The standard InChI is InChI=1S/C25H35N5O5/c1-28-23-18(26-21(31)10-5-3-2-4-6-13-29-14-16-35-17-15-29)8-7-9-19(23)30(25(28)34)20-11-12-22(32)27-24(20)33/h7-9,20H,2-6,10-17H2,1H3,(H,26,31)(H,27,32,33). The lowest BCUT2D eigenvalue weighted by molar-refractivity contribution is -0.135. The molecule has 3 heterocycles. The minimum atomic E-state index is -0.752. The molecule has 10 heteroatoms. The van der Waals surface area contributed by atoms with Gasteiger partial charge in [-0.2, -0.15) is 0 Å². The number of rotatable bonds is 10. The molecular formula is C25H35N5O5. The normalized spacial score (nSPS) is 19.2. The number of morpholine rings is 1. The van der Waals surface area contributed by atoms with E-state index in [-0.39, 0.29) is 30.3 Å². The lowest BCUT2D eigenvalue weighted by Gasteiger charge is -2.26. The third-order valence-electron chi connectivity index (χ3n) is 6.88. The number of anilines is 1. The number of aryl methyl sites for hydroxylation is 1. The van der Waals surface area contributed by atoms with Gasteiger partial charge in [0.1, 0.15) is 6.04 Å². The average Bonchev–Trinajstić information content (AvgIpc) is 3.10. The van der Waals surface area contributed by atoms with Gasteiger partial charge in [-0.3, -0.25) is 33.7 Å². The van der Waals surface area contributed by atoms with Crippen molar-refractivity contribution in [1.82, 2.24) is 19.4 Å². The Kier molecular flexibility index (Phi) is 8.35. The third-order valence-corrected chi connectivity index (χ3v) is 6.88. The summed E-state index contributed by atoms with van der Waals surface area (Å²) in [7, 11) is 1.62. The molecule has 2 aromatic rings. The number of unbranched alkanes of at least 4 members (excludes halogenated alkanes) is 4. The SMILES string of the molecule is Cn1c(=O)n(C2CCC(=O)NC2=O)c2cccc(NC(=O)CCCCCCCN3CCOCC3)c21. The van der Waals surface area contributed by atoms with Crippen molar-refractivity contribution in [3.63, 3.8) is 0 Å². The van der Waals surface area contributed by atoms with Crippen LogP contribution in [0.2, 0.25) is 0 Å². The summed E-state index contributed by atoms with van der Waals surface area (Å²) in [6.45, 7) is 4.83. The average molecular weight is 486 g/mol. The van der Waals surface area contributed by atoms with Crippen LogP contribution in [0.1, 0.15) is 57.4 Å². The summed E-state index contributed by atoms with van der Waals surface area (Å²) in [5.74, 6) is -0.896. The maximum absolute atomic E-state index is 13.0. The number of fused-ring (bicyclic) bond motifs is 1. The molecule has 1 unspecified atom stereocenters. The summed E-state index contributed by atoms with van der Waals surface area (Å²) in [5.41, 5.74) is 1.32. The molecule has 4 rings (SSSR count). The predicted octanol–water partition coefficient (Wildman–Crippen LogP) is 1.93. The Balaban J connectivity index is 1.30. The monoisotopic (exact) mass is 485 g/mol. The molecule has 0 aliphatic carbocycles. The fourth-order valence-electron chi connectivity index (χ4n) is 4.96. The van der Waals surface area contributed by atoms with Gasteiger partial charge in [-0.25, -0.2) is 4.79 Å². The second kappa shape index (κ2) is 11.6. The van der Waals surface area contributed by atoms with Crippen molar-refractivity contribution >= 4 is 34.4 Å². The number of carbonyl (C=O) groups is 3. The quantitative estimate of drug-likeness (QED) is 0.393. The zero-order valence-corrected chi connectivity index (χ0v) is 20.4. The molecule has 2 aliphatic rings. The van der Waals surface area contributed by atoms with Gasteiger partial charge >= 0.3 is 5.69 Å². The molecular weight excluding hydrogens is 450 g/mol. The highest BCUT2D eigenvalue weighted by molar-refractivity contribution is 6.02. The minimum absolute atomic E-state index is 0.0907. The van der Waals surface area contributed by atoms with E-state index in [2.05, 4.69) is 15.5 Å². The molecule has 0 saturated carbocycles. The predicted molar refractivity (Wildman–Crippen MR) is 132 cm³/mol. The van der Waals surface area contributed by atoms with Crippen molar-refractivity contribution in [1.29, 1.82) is 0 Å². The molecule has 190 valence electrons. The van der Waals surface area contributed by atoms with Gasteiger partial charge in [0.2, 0.25) is 17.7 Å². The molecule has 0 spiro atoms. The summed E-state index contributed by atoms with van der Waals surface area (Å²) in [6.07, 6.45) is 6.13. The van der Waals surface area contributed by atoms with E-state index < -0.39 is 11.9 Å². The Labute approximate surface area is 204 Å². The van der Waals surface area contributed by atoms with E-state index in [0.29, 0.717) is 23.1 Å². The van der Waals surface area contributed by atoms with E-state index >= 15 is 0 Å². The molecule has 2 fully saturated rings. The number of piperidine rings is 1. The van der Waals surface area contributed by atoms with Gasteiger partial charge in [-0.1, -0.05) is 25.3 Å². The summed E-state index contributed by atoms with van der Waals surface area (Å²) < 4.78 is 8.24. The van der Waals surface area contributed by atoms with Crippen molar-refractivity contribution in [2.24, 2.45) is 7.05 Å². The number of benzene rings is 1. The molecule has 2 aliphatic heterocycles. The summed E-state index contributed by atoms with van der Waals surface area (Å²) in [5, 5.41) is 5.26. The smallest absolute Gasteiger partial charge is 0.329 e. The second-order valence-electron chi connectivity index (χ2n) is 9.37. The highest BCUT2D eigenvalue weighted by atomic mass is 16.5. The molecule has 2 saturated heterocycles. The van der Waals surface area contributed by atoms with Crippen LogP contribution in [0, 0.1) is 0 Å². The van der Waals surface area contributed by atoms with E-state index in [0.717, 1.165) is 58.5 Å². The van der Waals surface area contributed by atoms with Crippen LogP contribution in [0.25, 0.3) is 11.0 Å². The lowest BCUT2D eigenvalue weighted by Crippen LogP contribution is -2.44. The Bertz CT molecular complexity index is 1130. The first kappa shape index (κ1) is 25.1. The number of nitrogens with one attached hydrogen (secondary N) is 2. The lowest BCUT2D eigenvalue weighted by atomic mass is 10.1. The number of para-hydroxylation sites is 1. The van der Waals surface area contributed by atoms with Crippen molar-refractivity contribution in [3.8, 4) is 0 Å². The maximum atomic E-state index is 13.0. The van der Waals surface area contributed by atoms with Crippen molar-refractivity contribution < 1.29 is 19.1 Å². The molecule has 1 aromatic heterocycles. The number of aromatic nitrogens is 2. The Morgan fingerprint density at radius 1 is 1.09 bits per heavy atom. The topological polar surface area (TPSA) is 115 Å². The maximum Gasteiger partial charge on any atom is 0.329 e. The molecule has 35 heavy (non-hydrogen) atoms. The molecule has 2 N–H and O–H groups in total. The number of carbonyl (C=O) groups excluding carboxylic acids is 3. The second-order valence-corrected chi connectivity index (χ2v) is 9.37. The Morgan fingerprint density at radius 2 is 1.83 bits per heavy atom. The minimum Gasteiger partial charge on any atom is -0.379 e. The Hall–Kier alpha value is -2.98. The molecule has 1 aromatic carbocycles. The number of hydrogen-bond donors (Lipinski definition) is 2. The van der Waals surface area contributed by atoms with Crippen molar-refractivity contribution in [2.45, 2.75) is 57.4 Å². The Morgan fingerprint density at radius 3 is 2.60 bits per heavy atom. The number of nitrogens with zero attached hydrogens (tertiary/aromatic N) is 3. The number of imidazole rings is 1. The summed E-state index contributed by atoms with van der Waals surface area (Å²) >= 11 is 0. The van der Waals surface area contributed by atoms with E-state index in [9.17, 15) is 19.2 Å². The van der Waals surface area contributed by atoms with E-state index in [1.54, 1.807) is 25.2 Å². The largest absolute Gasteiger partial charge is 0.379 e. The number of hydrogen-bond acceptors (Lipinski definition) is 6. The fraction of sp³-hybridized carbons (Fsp3) is 0.600. The van der Waals surface area contributed by atoms with Gasteiger partial charge in [0.25, 0.3) is 0 Å². The first-order valence-electron chi connectivity index (χ1n) is 12.6. The molecule has 3 amide bonds. The van der Waals surface area contributed by atoms with E-state index in [1.165, 1.54) is 15.6 Å². The third kappa shape index (κ3) is 5.99. The van der Waals surface area contributed by atoms with Crippen LogP contribution < -0.4 is 16.3 Å². The zero-order chi connectivity index (χ0) is 24.8. The number of amides is 3. The van der Waals surface area contributed by atoms with Gasteiger partial charge in [-0.15, -0.1) is 0 Å². The highest BCUT2D eigenvalue weighted by Crippen LogP contribution is 2.27. The summed E-state index contributed by atoms with van der Waals surface area (Å²) in [4.78, 5) is 52.0. The first-order valence-corrected chi connectivity index (χ1v) is 12.6. The molecule has 0 bridgehead atoms. The van der Waals surface area contributed by atoms with Crippen LogP contribution in [0.4, 0.5) is 5.69 Å². The van der Waals surface area contributed by atoms with Crippen LogP contribution >= 0.6 is 0 Å². The van der Waals surface area contributed by atoms with Crippen LogP contribution in [-0.2, 0) is 26.2 Å². The number of imide groups is 1. The summed E-state index contributed by atoms with van der Waals surface area (Å²) in [6, 6.07) is 4.53. The van der Waals surface area contributed by atoms with Crippen LogP contribution in [0.3, 0.4) is 0 Å². The van der Waals surface area contributed by atoms with Gasteiger partial charge in [0.05, 0.1) is 29.9 Å². The zero-order valence-electron chi connectivity index (χ0n) is 20.4. The van der Waals surface area contributed by atoms with Gasteiger partial charge < -0.3 is 10.1 Å². The van der Waals surface area contributed by atoms with Gasteiger partial charge in [0.15, 0.2) is 0 Å². The van der Waals surface area contributed by atoms with Gasteiger partial charge in [0, 0.05) is 33.0 Å². The van der Waals surface area contributed by atoms with Crippen LogP contribution in [0.15, 0.2) is 23.0 Å². The van der Waals surface area contributed by atoms with Gasteiger partial charge in [-0.05, 0) is 37.9 Å². The number of ether oxygens (including phenoxy) is 1. The van der Waals surface area contributed by atoms with Crippen LogP contribution in [-0.4, -0.2) is 64.6 Å². The molecule has 10 nitrogen and oxygen atoms in total. The first-order chi connectivity index (χ1) is 17.0. The highest BCUT2D eigenvalue weighted by Gasteiger charge is 2.31. The van der Waals surface area contributed by atoms with Crippen molar-refractivity contribution in [2.75, 3.05) is 38.2 Å². The van der Waals surface area contributed by atoms with Crippen molar-refractivity contribution in [3.05, 3.63) is 28.7 Å². The van der Waals surface area contributed by atoms with E-state index in [1.807, 2.05) is 0 Å². The molecule has 0 radical (unpaired) electrons.